The molecule has 0 atom stereocenters. The van der Waals surface area contributed by atoms with Crippen LogP contribution in [0.2, 0.25) is 0 Å². The van der Waals surface area contributed by atoms with Crippen LogP contribution in [0.4, 0.5) is 5.69 Å². The molecule has 0 aliphatic rings. The summed E-state index contributed by atoms with van der Waals surface area (Å²) in [6.45, 7) is 7.39. The van der Waals surface area contributed by atoms with E-state index in [1.54, 1.807) is 13.0 Å². The lowest BCUT2D eigenvalue weighted by Gasteiger charge is -2.14. The molecular weight excluding hydrogens is 430 g/mol. The Morgan fingerprint density at radius 3 is 2.32 bits per heavy atom. The number of benzene rings is 2. The van der Waals surface area contributed by atoms with Crippen molar-refractivity contribution in [2.24, 2.45) is 0 Å². The average molecular weight is 458 g/mol. The number of hydrogen-bond donors (Lipinski definition) is 1. The van der Waals surface area contributed by atoms with Crippen LogP contribution in [-0.4, -0.2) is 28.6 Å². The van der Waals surface area contributed by atoms with Gasteiger partial charge in [0, 0.05) is 11.3 Å². The Labute approximate surface area is 198 Å². The molecule has 7 nitrogen and oxygen atoms in total. The molecule has 4 rings (SSSR count). The van der Waals surface area contributed by atoms with Gasteiger partial charge in [-0.05, 0) is 43.9 Å². The molecule has 4 aromatic rings. The van der Waals surface area contributed by atoms with Crippen LogP contribution in [0.25, 0.3) is 22.4 Å². The summed E-state index contributed by atoms with van der Waals surface area (Å²) in [7, 11) is 0. The van der Waals surface area contributed by atoms with Gasteiger partial charge in [-0.2, -0.15) is 0 Å². The Balaban J connectivity index is 1.57. The van der Waals surface area contributed by atoms with Crippen molar-refractivity contribution in [3.8, 4) is 11.3 Å². The third-order valence-electron chi connectivity index (χ3n) is 5.78. The third-order valence-corrected chi connectivity index (χ3v) is 5.78. The second-order valence-electron chi connectivity index (χ2n) is 8.15. The lowest BCUT2D eigenvalue weighted by molar-refractivity contribution is -0.119. The normalized spacial score (nSPS) is 10.9. The summed E-state index contributed by atoms with van der Waals surface area (Å²) in [6.07, 6.45) is 1.57. The van der Waals surface area contributed by atoms with E-state index in [9.17, 15) is 9.59 Å². The fraction of sp³-hybridized carbons (Fsp3) is 0.259. The van der Waals surface area contributed by atoms with E-state index in [0.717, 1.165) is 40.8 Å². The number of ether oxygens (including phenoxy) is 1. The van der Waals surface area contributed by atoms with Crippen LogP contribution in [0, 0.1) is 13.8 Å². The van der Waals surface area contributed by atoms with Gasteiger partial charge in [0.1, 0.15) is 0 Å². The first-order valence-corrected chi connectivity index (χ1v) is 11.3. The van der Waals surface area contributed by atoms with Gasteiger partial charge in [-0.15, -0.1) is 0 Å². The van der Waals surface area contributed by atoms with Gasteiger partial charge in [0.15, 0.2) is 6.61 Å². The maximum Gasteiger partial charge on any atom is 0.339 e. The van der Waals surface area contributed by atoms with Gasteiger partial charge in [0.2, 0.25) is 0 Å². The highest BCUT2D eigenvalue weighted by Crippen LogP contribution is 2.28. The predicted molar refractivity (Wildman–Crippen MR) is 131 cm³/mol. The molecular formula is C27H27N3O4. The standard InChI is InChI=1S/C27H27N3O4/c1-5-18-8-7-9-19(6-2)25(18)29-23(31)15-33-27(32)21-14-22(20-12-10-16(3)11-13-20)28-26-24(21)17(4)30-34-26/h7-14H,5-6,15H2,1-4H3,(H,29,31). The van der Waals surface area contributed by atoms with Gasteiger partial charge in [-0.25, -0.2) is 9.78 Å². The minimum Gasteiger partial charge on any atom is -0.452 e. The Hall–Kier alpha value is -4.00. The number of esters is 1. The lowest BCUT2D eigenvalue weighted by Crippen LogP contribution is -2.22. The molecule has 2 aromatic carbocycles. The van der Waals surface area contributed by atoms with Crippen molar-refractivity contribution in [1.82, 2.24) is 10.1 Å². The summed E-state index contributed by atoms with van der Waals surface area (Å²) in [6, 6.07) is 15.4. The van der Waals surface area contributed by atoms with Crippen molar-refractivity contribution in [2.75, 3.05) is 11.9 Å². The minimum absolute atomic E-state index is 0.247. The van der Waals surface area contributed by atoms with Gasteiger partial charge < -0.3 is 14.6 Å². The largest absolute Gasteiger partial charge is 0.452 e. The first-order chi connectivity index (χ1) is 16.4. The van der Waals surface area contributed by atoms with Crippen LogP contribution in [0.15, 0.2) is 53.1 Å². The highest BCUT2D eigenvalue weighted by atomic mass is 16.5. The summed E-state index contributed by atoms with van der Waals surface area (Å²) in [5.41, 5.74) is 6.40. The number of anilines is 1. The number of hydrogen-bond acceptors (Lipinski definition) is 6. The summed E-state index contributed by atoms with van der Waals surface area (Å²) in [5, 5.41) is 7.34. The SMILES string of the molecule is CCc1cccc(CC)c1NC(=O)COC(=O)c1cc(-c2ccc(C)cc2)nc2onc(C)c12. The van der Waals surface area contributed by atoms with Crippen molar-refractivity contribution in [3.05, 3.63) is 76.5 Å². The zero-order valence-electron chi connectivity index (χ0n) is 19.8. The molecule has 1 N–H and O–H groups in total. The van der Waals surface area contributed by atoms with Gasteiger partial charge in [0.25, 0.3) is 11.6 Å². The number of carbonyl (C=O) groups is 2. The fourth-order valence-corrected chi connectivity index (χ4v) is 3.92. The number of rotatable bonds is 7. The van der Waals surface area contributed by atoms with E-state index in [1.165, 1.54) is 0 Å². The van der Waals surface area contributed by atoms with Crippen molar-refractivity contribution in [2.45, 2.75) is 40.5 Å². The van der Waals surface area contributed by atoms with Crippen LogP contribution >= 0.6 is 0 Å². The number of aromatic nitrogens is 2. The highest BCUT2D eigenvalue weighted by Gasteiger charge is 2.21. The van der Waals surface area contributed by atoms with Crippen LogP contribution in [-0.2, 0) is 22.4 Å². The maximum atomic E-state index is 13.1. The zero-order valence-corrected chi connectivity index (χ0v) is 19.8. The van der Waals surface area contributed by atoms with E-state index >= 15 is 0 Å². The summed E-state index contributed by atoms with van der Waals surface area (Å²) in [4.78, 5) is 30.2. The number of carbonyl (C=O) groups excluding carboxylic acids is 2. The quantitative estimate of drug-likeness (QED) is 0.372. The Morgan fingerprint density at radius 2 is 1.68 bits per heavy atom. The minimum atomic E-state index is -0.637. The van der Waals surface area contributed by atoms with Gasteiger partial charge in [-0.3, -0.25) is 4.79 Å². The van der Waals surface area contributed by atoms with E-state index in [4.69, 9.17) is 9.26 Å². The molecule has 1 amide bonds. The third kappa shape index (κ3) is 4.69. The Kier molecular flexibility index (Phi) is 6.72. The van der Waals surface area contributed by atoms with Gasteiger partial charge in [0.05, 0.1) is 22.3 Å². The monoisotopic (exact) mass is 457 g/mol. The molecule has 0 aliphatic carbocycles. The molecule has 0 saturated carbocycles. The molecule has 0 radical (unpaired) electrons. The van der Waals surface area contributed by atoms with Crippen LogP contribution in [0.3, 0.4) is 0 Å². The molecule has 0 bridgehead atoms. The predicted octanol–water partition coefficient (Wildman–Crippen LogP) is 5.43. The molecule has 34 heavy (non-hydrogen) atoms. The second kappa shape index (κ2) is 9.87. The molecule has 2 aromatic heterocycles. The molecule has 7 heteroatoms. The van der Waals surface area contributed by atoms with E-state index in [1.807, 2.05) is 63.2 Å². The van der Waals surface area contributed by atoms with Gasteiger partial charge >= 0.3 is 5.97 Å². The van der Waals surface area contributed by atoms with Crippen molar-refractivity contribution in [3.63, 3.8) is 0 Å². The lowest BCUT2D eigenvalue weighted by atomic mass is 10.0. The first kappa shape index (κ1) is 23.2. The summed E-state index contributed by atoms with van der Waals surface area (Å²) in [5.74, 6) is -1.03. The maximum absolute atomic E-state index is 13.1. The van der Waals surface area contributed by atoms with Crippen LogP contribution < -0.4 is 5.32 Å². The molecule has 0 saturated heterocycles. The highest BCUT2D eigenvalue weighted by molar-refractivity contribution is 6.05. The molecule has 0 aliphatic heterocycles. The van der Waals surface area contributed by atoms with Crippen LogP contribution in [0.1, 0.15) is 46.6 Å². The van der Waals surface area contributed by atoms with E-state index in [2.05, 4.69) is 15.5 Å². The molecule has 0 spiro atoms. The fourth-order valence-electron chi connectivity index (χ4n) is 3.92. The topological polar surface area (TPSA) is 94.3 Å². The van der Waals surface area contributed by atoms with E-state index in [-0.39, 0.29) is 11.3 Å². The average Bonchev–Trinajstić information content (AvgIpc) is 3.23. The smallest absolute Gasteiger partial charge is 0.339 e. The van der Waals surface area contributed by atoms with Gasteiger partial charge in [-0.1, -0.05) is 67.0 Å². The number of amides is 1. The van der Waals surface area contributed by atoms with E-state index < -0.39 is 18.5 Å². The summed E-state index contributed by atoms with van der Waals surface area (Å²) < 4.78 is 10.7. The Bertz CT molecular complexity index is 1330. The first-order valence-electron chi connectivity index (χ1n) is 11.3. The number of aryl methyl sites for hydroxylation is 4. The van der Waals surface area contributed by atoms with Crippen molar-refractivity contribution >= 4 is 28.7 Å². The molecule has 0 fully saturated rings. The Morgan fingerprint density at radius 1 is 1.00 bits per heavy atom. The number of nitrogens with zero attached hydrogens (tertiary/aromatic N) is 2. The molecule has 2 heterocycles. The number of fused-ring (bicyclic) bond motifs is 1. The van der Waals surface area contributed by atoms with Crippen LogP contribution in [0.5, 0.6) is 0 Å². The molecule has 174 valence electrons. The number of nitrogens with one attached hydrogen (secondary N) is 1. The second-order valence-corrected chi connectivity index (χ2v) is 8.15. The van der Waals surface area contributed by atoms with Crippen molar-refractivity contribution < 1.29 is 18.8 Å². The summed E-state index contributed by atoms with van der Waals surface area (Å²) >= 11 is 0. The van der Waals surface area contributed by atoms with E-state index in [0.29, 0.717) is 16.8 Å². The zero-order chi connectivity index (χ0) is 24.2. The number of para-hydroxylation sites is 1. The van der Waals surface area contributed by atoms with Crippen molar-refractivity contribution in [1.29, 1.82) is 0 Å². The molecule has 0 unspecified atom stereocenters. The number of pyridine rings is 1.